The highest BCUT2D eigenvalue weighted by atomic mass is 127. The van der Waals surface area contributed by atoms with E-state index in [4.69, 9.17) is 21.3 Å². The number of nitrogens with zero attached hydrogens (tertiary/aromatic N) is 2. The highest BCUT2D eigenvalue weighted by Gasteiger charge is 2.21. The molecular weight excluding hydrogens is 456 g/mol. The fourth-order valence-corrected chi connectivity index (χ4v) is 3.16. The van der Waals surface area contributed by atoms with Gasteiger partial charge in [0.1, 0.15) is 5.82 Å². The molecule has 0 amide bonds. The molecule has 25 heavy (non-hydrogen) atoms. The second-order valence-electron chi connectivity index (χ2n) is 5.86. The highest BCUT2D eigenvalue weighted by molar-refractivity contribution is 14.0. The molecule has 0 saturated carbocycles. The van der Waals surface area contributed by atoms with Crippen molar-refractivity contribution < 1.29 is 9.13 Å². The Labute approximate surface area is 172 Å². The Bertz CT molecular complexity index is 551. The Balaban J connectivity index is 0.00000312. The number of guanidine groups is 1. The Morgan fingerprint density at radius 2 is 2.08 bits per heavy atom. The summed E-state index contributed by atoms with van der Waals surface area (Å²) >= 11 is 6.07. The van der Waals surface area contributed by atoms with E-state index in [0.717, 1.165) is 50.6 Å². The summed E-state index contributed by atoms with van der Waals surface area (Å²) in [4.78, 5) is 6.99. The van der Waals surface area contributed by atoms with Crippen LogP contribution >= 0.6 is 35.6 Å². The highest BCUT2D eigenvalue weighted by Crippen LogP contribution is 2.18. The monoisotopic (exact) mass is 483 g/mol. The number of aliphatic imine (C=N–C) groups is 1. The van der Waals surface area contributed by atoms with Gasteiger partial charge in [-0.2, -0.15) is 0 Å². The lowest BCUT2D eigenvalue weighted by atomic mass is 10.1. The maximum absolute atomic E-state index is 13.1. The quantitative estimate of drug-likeness (QED) is 0.376. The average molecular weight is 484 g/mol. The summed E-state index contributed by atoms with van der Waals surface area (Å²) in [5.74, 6) is 0.628. The van der Waals surface area contributed by atoms with Crippen LogP contribution in [0.1, 0.15) is 32.3 Å². The average Bonchev–Trinajstić information content (AvgIpc) is 2.57. The molecule has 1 aromatic rings. The van der Waals surface area contributed by atoms with Crippen molar-refractivity contribution in [3.8, 4) is 0 Å². The van der Waals surface area contributed by atoms with Gasteiger partial charge in [0.15, 0.2) is 5.96 Å². The molecule has 0 atom stereocenters. The van der Waals surface area contributed by atoms with Crippen molar-refractivity contribution in [2.45, 2.75) is 39.2 Å². The largest absolute Gasteiger partial charge is 0.378 e. The topological polar surface area (TPSA) is 36.9 Å². The second-order valence-corrected chi connectivity index (χ2v) is 6.27. The minimum Gasteiger partial charge on any atom is -0.378 e. The van der Waals surface area contributed by atoms with Gasteiger partial charge in [0, 0.05) is 37.8 Å². The van der Waals surface area contributed by atoms with Crippen molar-refractivity contribution in [1.29, 1.82) is 0 Å². The zero-order valence-electron chi connectivity index (χ0n) is 14.9. The van der Waals surface area contributed by atoms with Crippen LogP contribution < -0.4 is 5.32 Å². The van der Waals surface area contributed by atoms with E-state index in [9.17, 15) is 4.39 Å². The van der Waals surface area contributed by atoms with Gasteiger partial charge in [0.05, 0.1) is 6.10 Å². The molecule has 7 heteroatoms. The molecule has 0 aliphatic carbocycles. The third-order valence-electron chi connectivity index (χ3n) is 4.14. The zero-order valence-corrected chi connectivity index (χ0v) is 18.0. The van der Waals surface area contributed by atoms with Crippen LogP contribution in [0.3, 0.4) is 0 Å². The van der Waals surface area contributed by atoms with Gasteiger partial charge in [-0.3, -0.25) is 4.99 Å². The van der Waals surface area contributed by atoms with Crippen molar-refractivity contribution in [3.05, 3.63) is 34.6 Å². The number of benzene rings is 1. The molecule has 1 heterocycles. The van der Waals surface area contributed by atoms with Gasteiger partial charge in [-0.05, 0) is 50.8 Å². The van der Waals surface area contributed by atoms with Crippen LogP contribution in [0.15, 0.2) is 23.2 Å². The fraction of sp³-hybridized carbons (Fsp3) is 0.611. The standard InChI is InChI=1S/C18H27ClFN3O.HI/c1-3-21-18(23-11-8-16(9-12-23)24-4-2)22-10-7-14-5-6-15(20)13-17(14)19;/h5-6,13,16H,3-4,7-12H2,1-2H3,(H,21,22);1H. The third kappa shape index (κ3) is 7.27. The van der Waals surface area contributed by atoms with Crippen LogP contribution in [0.5, 0.6) is 0 Å². The van der Waals surface area contributed by atoms with Gasteiger partial charge >= 0.3 is 0 Å². The first-order valence-corrected chi connectivity index (χ1v) is 9.10. The van der Waals surface area contributed by atoms with Gasteiger partial charge in [0.2, 0.25) is 0 Å². The van der Waals surface area contributed by atoms with Crippen LogP contribution in [-0.2, 0) is 11.2 Å². The predicted molar refractivity (Wildman–Crippen MR) is 113 cm³/mol. The fourth-order valence-electron chi connectivity index (χ4n) is 2.90. The van der Waals surface area contributed by atoms with Crippen molar-refractivity contribution in [2.75, 3.05) is 32.8 Å². The molecule has 1 saturated heterocycles. The Hall–Kier alpha value is -0.600. The van der Waals surface area contributed by atoms with Crippen LogP contribution in [0.4, 0.5) is 4.39 Å². The van der Waals surface area contributed by atoms with Gasteiger partial charge in [0.25, 0.3) is 0 Å². The van der Waals surface area contributed by atoms with Gasteiger partial charge < -0.3 is 15.0 Å². The van der Waals surface area contributed by atoms with Crippen molar-refractivity contribution in [1.82, 2.24) is 10.2 Å². The van der Waals surface area contributed by atoms with E-state index in [-0.39, 0.29) is 29.8 Å². The number of hydrogen-bond donors (Lipinski definition) is 1. The summed E-state index contributed by atoms with van der Waals surface area (Å²) in [6.45, 7) is 8.25. The van der Waals surface area contributed by atoms with E-state index >= 15 is 0 Å². The van der Waals surface area contributed by atoms with E-state index in [1.165, 1.54) is 12.1 Å². The number of ether oxygens (including phenoxy) is 1. The molecule has 0 bridgehead atoms. The molecule has 0 unspecified atom stereocenters. The molecule has 1 fully saturated rings. The molecule has 4 nitrogen and oxygen atoms in total. The lowest BCUT2D eigenvalue weighted by Crippen LogP contribution is -2.47. The van der Waals surface area contributed by atoms with Crippen LogP contribution in [0, 0.1) is 5.82 Å². The molecule has 1 aliphatic rings. The van der Waals surface area contributed by atoms with Gasteiger partial charge in [-0.25, -0.2) is 4.39 Å². The molecule has 1 N–H and O–H groups in total. The molecular formula is C18H28ClFIN3O. The summed E-state index contributed by atoms with van der Waals surface area (Å²) in [7, 11) is 0. The smallest absolute Gasteiger partial charge is 0.193 e. The number of nitrogens with one attached hydrogen (secondary N) is 1. The summed E-state index contributed by atoms with van der Waals surface area (Å²) < 4.78 is 18.8. The molecule has 142 valence electrons. The number of halogens is 3. The SMILES string of the molecule is CCNC(=NCCc1ccc(F)cc1Cl)N1CCC(OCC)CC1.I. The maximum atomic E-state index is 13.1. The first kappa shape index (κ1) is 22.4. The predicted octanol–water partition coefficient (Wildman–Crippen LogP) is 4.11. The van der Waals surface area contributed by atoms with E-state index in [1.54, 1.807) is 6.07 Å². The number of piperidine rings is 1. The third-order valence-corrected chi connectivity index (χ3v) is 4.49. The van der Waals surface area contributed by atoms with Crippen LogP contribution in [0.25, 0.3) is 0 Å². The van der Waals surface area contributed by atoms with Gasteiger partial charge in [-0.1, -0.05) is 17.7 Å². The van der Waals surface area contributed by atoms with Gasteiger partial charge in [-0.15, -0.1) is 24.0 Å². The molecule has 0 radical (unpaired) electrons. The van der Waals surface area contributed by atoms with E-state index < -0.39 is 0 Å². The first-order valence-electron chi connectivity index (χ1n) is 8.72. The number of hydrogen-bond acceptors (Lipinski definition) is 2. The molecule has 0 aromatic heterocycles. The zero-order chi connectivity index (χ0) is 17.4. The van der Waals surface area contributed by atoms with Crippen LogP contribution in [-0.4, -0.2) is 49.7 Å². The molecule has 0 spiro atoms. The lowest BCUT2D eigenvalue weighted by Gasteiger charge is -2.34. The van der Waals surface area contributed by atoms with E-state index in [1.807, 2.05) is 6.92 Å². The van der Waals surface area contributed by atoms with Crippen molar-refractivity contribution >= 4 is 41.5 Å². The van der Waals surface area contributed by atoms with Crippen molar-refractivity contribution in [3.63, 3.8) is 0 Å². The lowest BCUT2D eigenvalue weighted by molar-refractivity contribution is 0.0264. The number of likely N-dealkylation sites (tertiary alicyclic amines) is 1. The molecule has 2 rings (SSSR count). The van der Waals surface area contributed by atoms with Crippen molar-refractivity contribution in [2.24, 2.45) is 4.99 Å². The Morgan fingerprint density at radius 1 is 1.36 bits per heavy atom. The minimum atomic E-state index is -0.308. The summed E-state index contributed by atoms with van der Waals surface area (Å²) in [5.41, 5.74) is 0.924. The Kier molecular flexibility index (Phi) is 10.7. The van der Waals surface area contributed by atoms with Crippen LogP contribution in [0.2, 0.25) is 5.02 Å². The van der Waals surface area contributed by atoms with E-state index in [0.29, 0.717) is 24.1 Å². The van der Waals surface area contributed by atoms with E-state index in [2.05, 4.69) is 17.1 Å². The second kappa shape index (κ2) is 11.9. The first-order chi connectivity index (χ1) is 11.6. The number of rotatable bonds is 6. The summed E-state index contributed by atoms with van der Waals surface area (Å²) in [5, 5.41) is 3.82. The Morgan fingerprint density at radius 3 is 2.68 bits per heavy atom. The molecule has 1 aliphatic heterocycles. The maximum Gasteiger partial charge on any atom is 0.193 e. The summed E-state index contributed by atoms with van der Waals surface area (Å²) in [6, 6.07) is 4.52. The summed E-state index contributed by atoms with van der Waals surface area (Å²) in [6.07, 6.45) is 3.13. The normalized spacial score (nSPS) is 15.8. The minimum absolute atomic E-state index is 0. The molecule has 1 aromatic carbocycles.